The Balaban J connectivity index is 1.75. The number of aromatic nitrogens is 2. The van der Waals surface area contributed by atoms with Gasteiger partial charge in [0.05, 0.1) is 0 Å². The van der Waals surface area contributed by atoms with Crippen LogP contribution in [0.5, 0.6) is 0 Å². The molecule has 0 spiro atoms. The van der Waals surface area contributed by atoms with E-state index in [1.807, 2.05) is 18.2 Å². The van der Waals surface area contributed by atoms with Gasteiger partial charge in [0, 0.05) is 17.1 Å². The molecule has 0 fully saturated rings. The number of aromatic amines is 1. The SMILES string of the molecule is Cc1c(C(=O)NNC(=O)c2ccn[nH]2)oc2ccccc12. The second-order valence-corrected chi connectivity index (χ2v) is 4.43. The summed E-state index contributed by atoms with van der Waals surface area (Å²) in [6, 6.07) is 8.84. The number of nitrogens with one attached hydrogen (secondary N) is 3. The molecule has 0 atom stereocenters. The lowest BCUT2D eigenvalue weighted by Crippen LogP contribution is -2.41. The number of hydrogen-bond donors (Lipinski definition) is 3. The third kappa shape index (κ3) is 2.36. The molecule has 0 saturated carbocycles. The Morgan fingerprint density at radius 1 is 1.14 bits per heavy atom. The molecule has 1 aromatic carbocycles. The van der Waals surface area contributed by atoms with Gasteiger partial charge >= 0.3 is 5.91 Å². The topological polar surface area (TPSA) is 100 Å². The van der Waals surface area contributed by atoms with Crippen LogP contribution in [0.25, 0.3) is 11.0 Å². The number of amides is 2. The number of H-pyrrole nitrogens is 1. The molecule has 0 aliphatic rings. The van der Waals surface area contributed by atoms with Crippen LogP contribution in [-0.4, -0.2) is 22.0 Å². The molecule has 2 heterocycles. The molecule has 0 bridgehead atoms. The van der Waals surface area contributed by atoms with Gasteiger partial charge in [0.1, 0.15) is 11.3 Å². The number of carbonyl (C=O) groups is 2. The first-order chi connectivity index (χ1) is 10.2. The number of carbonyl (C=O) groups excluding carboxylic acids is 2. The smallest absolute Gasteiger partial charge is 0.305 e. The number of rotatable bonds is 2. The van der Waals surface area contributed by atoms with Gasteiger partial charge in [-0.05, 0) is 19.1 Å². The van der Waals surface area contributed by atoms with E-state index in [9.17, 15) is 9.59 Å². The fourth-order valence-electron chi connectivity index (χ4n) is 2.01. The van der Waals surface area contributed by atoms with Crippen molar-refractivity contribution >= 4 is 22.8 Å². The van der Waals surface area contributed by atoms with Gasteiger partial charge in [0.2, 0.25) is 0 Å². The molecule has 7 nitrogen and oxygen atoms in total. The predicted octanol–water partition coefficient (Wildman–Crippen LogP) is 1.54. The molecule has 0 radical (unpaired) electrons. The maximum Gasteiger partial charge on any atom is 0.305 e. The zero-order chi connectivity index (χ0) is 14.8. The summed E-state index contributed by atoms with van der Waals surface area (Å²) >= 11 is 0. The van der Waals surface area contributed by atoms with Crippen molar-refractivity contribution in [3.63, 3.8) is 0 Å². The number of nitrogens with zero attached hydrogens (tertiary/aromatic N) is 1. The van der Waals surface area contributed by atoms with Gasteiger partial charge in [-0.2, -0.15) is 5.10 Å². The molecule has 21 heavy (non-hydrogen) atoms. The zero-order valence-electron chi connectivity index (χ0n) is 11.1. The molecule has 7 heteroatoms. The Morgan fingerprint density at radius 3 is 2.62 bits per heavy atom. The second-order valence-electron chi connectivity index (χ2n) is 4.43. The molecule has 106 valence electrons. The van der Waals surface area contributed by atoms with Crippen LogP contribution in [0.1, 0.15) is 26.6 Å². The monoisotopic (exact) mass is 284 g/mol. The Bertz CT molecular complexity index is 805. The largest absolute Gasteiger partial charge is 0.451 e. The highest BCUT2D eigenvalue weighted by Gasteiger charge is 2.18. The minimum atomic E-state index is -0.517. The van der Waals surface area contributed by atoms with Crippen LogP contribution >= 0.6 is 0 Å². The van der Waals surface area contributed by atoms with E-state index in [1.54, 1.807) is 13.0 Å². The van der Waals surface area contributed by atoms with Gasteiger partial charge in [0.15, 0.2) is 5.76 Å². The van der Waals surface area contributed by atoms with Crippen molar-refractivity contribution in [1.82, 2.24) is 21.0 Å². The van der Waals surface area contributed by atoms with Gasteiger partial charge in [-0.1, -0.05) is 18.2 Å². The van der Waals surface area contributed by atoms with Crippen LogP contribution in [-0.2, 0) is 0 Å². The summed E-state index contributed by atoms with van der Waals surface area (Å²) in [5.41, 5.74) is 6.19. The van der Waals surface area contributed by atoms with Crippen LogP contribution in [0.2, 0.25) is 0 Å². The molecule has 3 rings (SSSR count). The number of fused-ring (bicyclic) bond motifs is 1. The molecule has 3 N–H and O–H groups in total. The minimum absolute atomic E-state index is 0.168. The lowest BCUT2D eigenvalue weighted by Gasteiger charge is -2.04. The summed E-state index contributed by atoms with van der Waals surface area (Å²) in [7, 11) is 0. The lowest BCUT2D eigenvalue weighted by molar-refractivity contribution is 0.0829. The normalized spacial score (nSPS) is 10.5. The Labute approximate surface area is 119 Å². The molecular weight excluding hydrogens is 272 g/mol. The maximum atomic E-state index is 12.1. The maximum absolute atomic E-state index is 12.1. The summed E-state index contributed by atoms with van der Waals surface area (Å²) in [5, 5.41) is 7.01. The van der Waals surface area contributed by atoms with Crippen LogP contribution in [0, 0.1) is 6.92 Å². The highest BCUT2D eigenvalue weighted by molar-refractivity contribution is 6.00. The minimum Gasteiger partial charge on any atom is -0.451 e. The van der Waals surface area contributed by atoms with Gasteiger partial charge in [-0.3, -0.25) is 25.5 Å². The van der Waals surface area contributed by atoms with E-state index in [0.717, 1.165) is 10.9 Å². The fourth-order valence-corrected chi connectivity index (χ4v) is 2.01. The molecule has 2 amide bonds. The number of benzene rings is 1. The molecule has 0 saturated heterocycles. The Morgan fingerprint density at radius 2 is 1.90 bits per heavy atom. The second kappa shape index (κ2) is 5.12. The van der Waals surface area contributed by atoms with E-state index in [1.165, 1.54) is 12.3 Å². The van der Waals surface area contributed by atoms with Gasteiger partial charge in [-0.25, -0.2) is 0 Å². The van der Waals surface area contributed by atoms with E-state index in [4.69, 9.17) is 4.42 Å². The van der Waals surface area contributed by atoms with Crippen molar-refractivity contribution in [1.29, 1.82) is 0 Å². The number of aryl methyl sites for hydroxylation is 1. The van der Waals surface area contributed by atoms with Crippen LogP contribution in [0.15, 0.2) is 40.9 Å². The molecule has 3 aromatic rings. The van der Waals surface area contributed by atoms with E-state index in [0.29, 0.717) is 5.58 Å². The van der Waals surface area contributed by atoms with Gasteiger partial charge in [-0.15, -0.1) is 0 Å². The predicted molar refractivity (Wildman–Crippen MR) is 74.5 cm³/mol. The fraction of sp³-hybridized carbons (Fsp3) is 0.0714. The number of furan rings is 1. The number of hydrogen-bond acceptors (Lipinski definition) is 4. The molecule has 0 aliphatic heterocycles. The Kier molecular flexibility index (Phi) is 3.15. The van der Waals surface area contributed by atoms with Crippen molar-refractivity contribution < 1.29 is 14.0 Å². The van der Waals surface area contributed by atoms with E-state index in [2.05, 4.69) is 21.0 Å². The van der Waals surface area contributed by atoms with Crippen molar-refractivity contribution in [2.24, 2.45) is 0 Å². The third-order valence-corrected chi connectivity index (χ3v) is 3.08. The van der Waals surface area contributed by atoms with Gasteiger partial charge < -0.3 is 4.42 Å². The van der Waals surface area contributed by atoms with E-state index in [-0.39, 0.29) is 11.5 Å². The number of hydrazine groups is 1. The molecule has 0 unspecified atom stereocenters. The molecular formula is C14H12N4O3. The van der Waals surface area contributed by atoms with Crippen LogP contribution < -0.4 is 10.9 Å². The average molecular weight is 284 g/mol. The van der Waals surface area contributed by atoms with Crippen LogP contribution in [0.3, 0.4) is 0 Å². The van der Waals surface area contributed by atoms with Crippen molar-refractivity contribution in [3.8, 4) is 0 Å². The average Bonchev–Trinajstić information content (AvgIpc) is 3.13. The first kappa shape index (κ1) is 12.9. The quantitative estimate of drug-likeness (QED) is 0.621. The summed E-state index contributed by atoms with van der Waals surface area (Å²) in [5.74, 6) is -0.840. The first-order valence-electron chi connectivity index (χ1n) is 6.25. The lowest BCUT2D eigenvalue weighted by atomic mass is 10.1. The van der Waals surface area contributed by atoms with Crippen molar-refractivity contribution in [2.45, 2.75) is 6.92 Å². The summed E-state index contributed by atoms with van der Waals surface area (Å²) in [4.78, 5) is 23.7. The standard InChI is InChI=1S/C14H12N4O3/c1-8-9-4-2-3-5-11(9)21-12(8)14(20)18-17-13(19)10-6-7-15-16-10/h2-7H,1H3,(H,15,16)(H,17,19)(H,18,20). The summed E-state index contributed by atoms with van der Waals surface area (Å²) in [6.07, 6.45) is 1.44. The van der Waals surface area contributed by atoms with Gasteiger partial charge in [0.25, 0.3) is 5.91 Å². The van der Waals surface area contributed by atoms with Crippen LogP contribution in [0.4, 0.5) is 0 Å². The first-order valence-corrected chi connectivity index (χ1v) is 6.25. The third-order valence-electron chi connectivity index (χ3n) is 3.08. The van der Waals surface area contributed by atoms with Crippen molar-refractivity contribution in [3.05, 3.63) is 53.5 Å². The summed E-state index contributed by atoms with van der Waals surface area (Å²) in [6.45, 7) is 1.79. The van der Waals surface area contributed by atoms with E-state index < -0.39 is 11.8 Å². The molecule has 2 aromatic heterocycles. The van der Waals surface area contributed by atoms with E-state index >= 15 is 0 Å². The van der Waals surface area contributed by atoms with Crippen molar-refractivity contribution in [2.75, 3.05) is 0 Å². The zero-order valence-corrected chi connectivity index (χ0v) is 11.1. The summed E-state index contributed by atoms with van der Waals surface area (Å²) < 4.78 is 5.50. The highest BCUT2D eigenvalue weighted by atomic mass is 16.3. The molecule has 0 aliphatic carbocycles. The number of para-hydroxylation sites is 1. The highest BCUT2D eigenvalue weighted by Crippen LogP contribution is 2.24. The Hall–Kier alpha value is -3.09.